The minimum Gasteiger partial charge on any atom is -0.477 e. The first kappa shape index (κ1) is 12.9. The van der Waals surface area contributed by atoms with Gasteiger partial charge in [-0.05, 0) is 12.8 Å². The zero-order valence-electron chi connectivity index (χ0n) is 8.33. The van der Waals surface area contributed by atoms with E-state index in [1.54, 1.807) is 0 Å². The minimum atomic E-state index is -1.37. The molecule has 14 heavy (non-hydrogen) atoms. The van der Waals surface area contributed by atoms with Crippen LogP contribution in [0.4, 0.5) is 4.39 Å². The highest BCUT2D eigenvalue weighted by Gasteiger charge is 2.08. The van der Waals surface area contributed by atoms with Crippen molar-refractivity contribution in [3.63, 3.8) is 0 Å². The number of carboxylic acid groups (broad SMARTS) is 1. The molecule has 0 unspecified atom stereocenters. The van der Waals surface area contributed by atoms with Gasteiger partial charge in [0.15, 0.2) is 5.71 Å². The van der Waals surface area contributed by atoms with Crippen LogP contribution in [0.2, 0.25) is 0 Å². The van der Waals surface area contributed by atoms with Crippen LogP contribution in [0.3, 0.4) is 0 Å². The Morgan fingerprint density at radius 1 is 1.43 bits per heavy atom. The zero-order chi connectivity index (χ0) is 10.8. The predicted molar refractivity (Wildman–Crippen MR) is 51.1 cm³/mol. The summed E-state index contributed by atoms with van der Waals surface area (Å²) < 4.78 is 11.9. The van der Waals surface area contributed by atoms with E-state index in [-0.39, 0.29) is 0 Å². The van der Waals surface area contributed by atoms with Crippen LogP contribution in [0.15, 0.2) is 5.16 Å². The molecule has 0 amide bonds. The Balaban J connectivity index is 3.53. The fourth-order valence-electron chi connectivity index (χ4n) is 0.838. The molecule has 0 atom stereocenters. The number of hydrogen-bond donors (Lipinski definition) is 1. The lowest BCUT2D eigenvalue weighted by atomic mass is 10.2. The van der Waals surface area contributed by atoms with Gasteiger partial charge in [-0.2, -0.15) is 0 Å². The van der Waals surface area contributed by atoms with Gasteiger partial charge in [-0.15, -0.1) is 0 Å². The molecule has 0 fully saturated rings. The summed E-state index contributed by atoms with van der Waals surface area (Å²) in [6.07, 6.45) is 4.07. The largest absolute Gasteiger partial charge is 0.477 e. The molecular weight excluding hydrogens is 189 g/mol. The van der Waals surface area contributed by atoms with Gasteiger partial charge in [0.1, 0.15) is 13.3 Å². The summed E-state index contributed by atoms with van der Waals surface area (Å²) in [5, 5.41) is 11.5. The average molecular weight is 205 g/mol. The molecular formula is C9H16FNO3. The maximum Gasteiger partial charge on any atom is 0.356 e. The Kier molecular flexibility index (Phi) is 7.78. The third-order valence-corrected chi connectivity index (χ3v) is 1.64. The van der Waals surface area contributed by atoms with Crippen molar-refractivity contribution in [2.24, 2.45) is 5.16 Å². The van der Waals surface area contributed by atoms with Crippen molar-refractivity contribution in [2.75, 3.05) is 13.3 Å². The summed E-state index contributed by atoms with van der Waals surface area (Å²) in [6, 6.07) is 0. The Bertz CT molecular complexity index is 194. The van der Waals surface area contributed by atoms with Gasteiger partial charge in [0.25, 0.3) is 0 Å². The molecule has 0 radical (unpaired) electrons. The van der Waals surface area contributed by atoms with Crippen molar-refractivity contribution in [1.82, 2.24) is 0 Å². The highest BCUT2D eigenvalue weighted by Crippen LogP contribution is 1.99. The Hall–Kier alpha value is -1.13. The summed E-state index contributed by atoms with van der Waals surface area (Å²) in [5.74, 6) is -1.37. The molecule has 0 bridgehead atoms. The molecule has 0 saturated heterocycles. The minimum absolute atomic E-state index is 0.344. The number of carboxylic acids is 1. The van der Waals surface area contributed by atoms with Crippen LogP contribution in [0, 0.1) is 0 Å². The van der Waals surface area contributed by atoms with Crippen LogP contribution < -0.4 is 0 Å². The summed E-state index contributed by atoms with van der Waals surface area (Å²) in [4.78, 5) is 14.9. The second-order valence-electron chi connectivity index (χ2n) is 2.87. The molecule has 1 N–H and O–H groups in total. The van der Waals surface area contributed by atoms with E-state index in [2.05, 4.69) is 16.9 Å². The topological polar surface area (TPSA) is 58.9 Å². The number of unbranched alkanes of at least 4 members (excludes halogenated alkanes) is 3. The van der Waals surface area contributed by atoms with E-state index in [9.17, 15) is 9.18 Å². The fraction of sp³-hybridized carbons (Fsp3) is 0.778. The molecule has 0 rings (SSSR count). The van der Waals surface area contributed by atoms with Crippen molar-refractivity contribution in [3.8, 4) is 0 Å². The average Bonchev–Trinajstić information content (AvgIpc) is 2.16. The summed E-state index contributed by atoms with van der Waals surface area (Å²) in [6.45, 7) is 1.33. The standard InChI is InChI=1S/C9H16FNO3/c1-2-3-4-5-6-14-11-8(7-10)9(12)13/h2-7H2,1H3,(H,12,13). The van der Waals surface area contributed by atoms with E-state index < -0.39 is 18.4 Å². The number of oxime groups is 1. The number of alkyl halides is 1. The molecule has 0 aliphatic rings. The summed E-state index contributed by atoms with van der Waals surface area (Å²) in [5.41, 5.74) is -0.583. The first-order valence-electron chi connectivity index (χ1n) is 4.70. The normalized spacial score (nSPS) is 11.4. The monoisotopic (exact) mass is 205 g/mol. The molecule has 82 valence electrons. The number of nitrogens with zero attached hydrogens (tertiary/aromatic N) is 1. The molecule has 0 aliphatic carbocycles. The molecule has 0 spiro atoms. The van der Waals surface area contributed by atoms with Crippen LogP contribution >= 0.6 is 0 Å². The molecule has 4 nitrogen and oxygen atoms in total. The number of halogens is 1. The third-order valence-electron chi connectivity index (χ3n) is 1.64. The van der Waals surface area contributed by atoms with Crippen LogP contribution in [0.5, 0.6) is 0 Å². The first-order valence-corrected chi connectivity index (χ1v) is 4.70. The molecule has 0 aromatic heterocycles. The second kappa shape index (κ2) is 8.47. The van der Waals surface area contributed by atoms with Crippen molar-refractivity contribution in [1.29, 1.82) is 0 Å². The van der Waals surface area contributed by atoms with Gasteiger partial charge < -0.3 is 9.94 Å². The SMILES string of the molecule is CCCCCCON=C(CF)C(=O)O. The lowest BCUT2D eigenvalue weighted by molar-refractivity contribution is -0.129. The van der Waals surface area contributed by atoms with Crippen molar-refractivity contribution in [3.05, 3.63) is 0 Å². The van der Waals surface area contributed by atoms with E-state index in [0.717, 1.165) is 25.7 Å². The third kappa shape index (κ3) is 6.39. The summed E-state index contributed by atoms with van der Waals surface area (Å²) >= 11 is 0. The quantitative estimate of drug-likeness (QED) is 0.374. The zero-order valence-corrected chi connectivity index (χ0v) is 8.33. The van der Waals surface area contributed by atoms with E-state index >= 15 is 0 Å². The van der Waals surface area contributed by atoms with E-state index in [1.165, 1.54) is 0 Å². The second-order valence-corrected chi connectivity index (χ2v) is 2.87. The maximum atomic E-state index is 11.9. The van der Waals surface area contributed by atoms with Gasteiger partial charge in [-0.25, -0.2) is 9.18 Å². The van der Waals surface area contributed by atoms with E-state index in [4.69, 9.17) is 5.11 Å². The van der Waals surface area contributed by atoms with Gasteiger partial charge in [0, 0.05) is 0 Å². The smallest absolute Gasteiger partial charge is 0.356 e. The molecule has 0 aromatic carbocycles. The van der Waals surface area contributed by atoms with Crippen LogP contribution in [0.1, 0.15) is 32.6 Å². The van der Waals surface area contributed by atoms with Gasteiger partial charge in [-0.1, -0.05) is 24.9 Å². The Morgan fingerprint density at radius 3 is 2.64 bits per heavy atom. The molecule has 0 heterocycles. The molecule has 5 heteroatoms. The highest BCUT2D eigenvalue weighted by atomic mass is 19.1. The van der Waals surface area contributed by atoms with E-state index in [0.29, 0.717) is 6.61 Å². The molecule has 0 saturated carbocycles. The van der Waals surface area contributed by atoms with Crippen LogP contribution in [-0.4, -0.2) is 30.1 Å². The van der Waals surface area contributed by atoms with Gasteiger partial charge in [0.2, 0.25) is 0 Å². The Labute approximate surface area is 82.7 Å². The lowest BCUT2D eigenvalue weighted by Gasteiger charge is -1.99. The van der Waals surface area contributed by atoms with Gasteiger partial charge >= 0.3 is 5.97 Å². The maximum absolute atomic E-state index is 11.9. The van der Waals surface area contributed by atoms with Crippen LogP contribution in [0.25, 0.3) is 0 Å². The fourth-order valence-corrected chi connectivity index (χ4v) is 0.838. The number of hydrogen-bond acceptors (Lipinski definition) is 3. The summed E-state index contributed by atoms with van der Waals surface area (Å²) in [7, 11) is 0. The first-order chi connectivity index (χ1) is 6.72. The van der Waals surface area contributed by atoms with Gasteiger partial charge in [-0.3, -0.25) is 0 Å². The number of carbonyl (C=O) groups is 1. The van der Waals surface area contributed by atoms with Crippen molar-refractivity contribution in [2.45, 2.75) is 32.6 Å². The Morgan fingerprint density at radius 2 is 2.14 bits per heavy atom. The lowest BCUT2D eigenvalue weighted by Crippen LogP contribution is -2.15. The van der Waals surface area contributed by atoms with E-state index in [1.807, 2.05) is 0 Å². The molecule has 0 aromatic rings. The number of rotatable bonds is 8. The van der Waals surface area contributed by atoms with Crippen LogP contribution in [-0.2, 0) is 9.63 Å². The molecule has 0 aliphatic heterocycles. The number of aliphatic carboxylic acids is 1. The van der Waals surface area contributed by atoms with Gasteiger partial charge in [0.05, 0.1) is 0 Å². The van der Waals surface area contributed by atoms with Crippen molar-refractivity contribution < 1.29 is 19.1 Å². The van der Waals surface area contributed by atoms with Crippen molar-refractivity contribution >= 4 is 11.7 Å². The predicted octanol–water partition coefficient (Wildman–Crippen LogP) is 1.99. The highest BCUT2D eigenvalue weighted by molar-refractivity contribution is 6.36.